The van der Waals surface area contributed by atoms with E-state index in [1.165, 1.54) is 0 Å². The predicted octanol–water partition coefficient (Wildman–Crippen LogP) is 0.0506. The zero-order valence-corrected chi connectivity index (χ0v) is 6.44. The average Bonchev–Trinajstić information content (AvgIpc) is 0. The molecule has 4 heavy (non-hydrogen) atoms. The molecule has 0 aliphatic heterocycles. The van der Waals surface area contributed by atoms with Crippen molar-refractivity contribution in [2.75, 3.05) is 0 Å². The first-order valence-corrected chi connectivity index (χ1v) is 0. The second kappa shape index (κ2) is 20.2. The van der Waals surface area contributed by atoms with Crippen molar-refractivity contribution in [2.45, 2.75) is 0 Å². The van der Waals surface area contributed by atoms with Crippen LogP contribution in [-0.4, -0.2) is 0 Å². The Balaban J connectivity index is 0. The van der Waals surface area contributed by atoms with Gasteiger partial charge in [-0.25, -0.2) is 0 Å². The van der Waals surface area contributed by atoms with Crippen LogP contribution in [0.25, 0.3) is 0 Å². The molecule has 0 aliphatic rings. The molecule has 0 nitrogen and oxygen atoms in total. The largest absolute Gasteiger partial charge is 0.153 e. The van der Waals surface area contributed by atoms with Gasteiger partial charge in [-0.15, -0.1) is 0 Å². The Kier molecular flexibility index (Phi) is 193. The summed E-state index contributed by atoms with van der Waals surface area (Å²) in [6.07, 6.45) is 0. The van der Waals surface area contributed by atoms with Gasteiger partial charge in [-0.05, 0) is 0 Å². The van der Waals surface area contributed by atoms with Crippen LogP contribution in [0, 0.1) is 0 Å². The van der Waals surface area contributed by atoms with Crippen molar-refractivity contribution in [1.82, 2.24) is 0 Å². The van der Waals surface area contributed by atoms with Gasteiger partial charge < -0.3 is 0 Å². The van der Waals surface area contributed by atoms with Gasteiger partial charge in [-0.1, -0.05) is 0 Å². The molecule has 0 aromatic carbocycles. The van der Waals surface area contributed by atoms with Crippen LogP contribution >= 0.6 is 9.90 Å². The summed E-state index contributed by atoms with van der Waals surface area (Å²) in [5.74, 6) is 0. The maximum atomic E-state index is 0. The molecule has 0 aromatic rings. The summed E-state index contributed by atoms with van der Waals surface area (Å²) in [7, 11) is 0. The van der Waals surface area contributed by atoms with Gasteiger partial charge in [0, 0.05) is 50.6 Å². The summed E-state index contributed by atoms with van der Waals surface area (Å²) in [4.78, 5) is 0. The zero-order valence-electron chi connectivity index (χ0n) is 1.75. The average molecular weight is 203 g/mol. The van der Waals surface area contributed by atoms with Crippen molar-refractivity contribution < 1.29 is 50.6 Å². The van der Waals surface area contributed by atoms with E-state index in [9.17, 15) is 0 Å². The molecule has 1 unspecified atom stereocenters. The van der Waals surface area contributed by atoms with Crippen molar-refractivity contribution >= 4 is 9.90 Å². The second-order valence-corrected chi connectivity index (χ2v) is 0. The fraction of sp³-hybridized carbons (Fsp3) is 0. The molecule has 1 atom stereocenters. The summed E-state index contributed by atoms with van der Waals surface area (Å²) >= 11 is 0. The smallest absolute Gasteiger partial charge is 0 e. The van der Waals surface area contributed by atoms with Gasteiger partial charge in [0.05, 0.1) is 0 Å². The van der Waals surface area contributed by atoms with E-state index in [0.717, 1.165) is 0 Å². The molecule has 0 saturated heterocycles. The SMILES string of the molecule is P.[Fe].[Mn].[Ni]. The third-order valence-corrected chi connectivity index (χ3v) is 0. The Labute approximate surface area is 60.4 Å². The Morgan fingerprint density at radius 1 is 1.00 bits per heavy atom. The van der Waals surface area contributed by atoms with Crippen LogP contribution in [0.2, 0.25) is 0 Å². The van der Waals surface area contributed by atoms with Gasteiger partial charge in [0.1, 0.15) is 0 Å². The molecule has 0 aliphatic carbocycles. The number of hydrogen-bond acceptors (Lipinski definition) is 0. The molecule has 1 radical (unpaired) electrons. The molecule has 33 valence electrons. The summed E-state index contributed by atoms with van der Waals surface area (Å²) < 4.78 is 0. The Bertz CT molecular complexity index is 8.00. The first-order chi connectivity index (χ1) is 0. The van der Waals surface area contributed by atoms with Crippen LogP contribution in [0.5, 0.6) is 0 Å². The van der Waals surface area contributed by atoms with E-state index in [4.69, 9.17) is 0 Å². The van der Waals surface area contributed by atoms with Crippen molar-refractivity contribution in [3.8, 4) is 0 Å². The zero-order chi connectivity index (χ0) is 0. The third kappa shape index (κ3) is 9.03. The summed E-state index contributed by atoms with van der Waals surface area (Å²) in [5, 5.41) is 0. The molecule has 0 N–H and O–H groups in total. The van der Waals surface area contributed by atoms with Gasteiger partial charge in [-0.2, -0.15) is 9.90 Å². The first kappa shape index (κ1) is 38.1. The fourth-order valence-electron chi connectivity index (χ4n) is 0. The molecule has 4 heteroatoms. The maximum absolute atomic E-state index is 0. The molecule has 0 aromatic heterocycles. The fourth-order valence-corrected chi connectivity index (χ4v) is 0. The molecule has 0 amide bonds. The Hall–Kier alpha value is 1.96. The van der Waals surface area contributed by atoms with Crippen LogP contribution in [0.1, 0.15) is 0 Å². The quantitative estimate of drug-likeness (QED) is 0.386. The van der Waals surface area contributed by atoms with E-state index in [-0.39, 0.29) is 60.5 Å². The standard InChI is InChI=1S/Fe.Mn.Ni.H3P/h;;;1H3. The monoisotopic (exact) mass is 203 g/mol. The predicted molar refractivity (Wildman–Crippen MR) is 11.1 cm³/mol. The third-order valence-electron chi connectivity index (χ3n) is 0. The van der Waals surface area contributed by atoms with E-state index in [1.807, 2.05) is 0 Å². The van der Waals surface area contributed by atoms with Crippen molar-refractivity contribution in [3.63, 3.8) is 0 Å². The first-order valence-electron chi connectivity index (χ1n) is 0. The summed E-state index contributed by atoms with van der Waals surface area (Å²) in [6, 6.07) is 0. The van der Waals surface area contributed by atoms with Crippen molar-refractivity contribution in [2.24, 2.45) is 0 Å². The molecular weight excluding hydrogens is 200 g/mol. The van der Waals surface area contributed by atoms with E-state index in [0.29, 0.717) is 0 Å². The van der Waals surface area contributed by atoms with Crippen molar-refractivity contribution in [1.29, 1.82) is 0 Å². The minimum absolute atomic E-state index is 0. The topological polar surface area (TPSA) is 0 Å². The van der Waals surface area contributed by atoms with Crippen LogP contribution < -0.4 is 0 Å². The number of rotatable bonds is 0. The van der Waals surface area contributed by atoms with Crippen LogP contribution in [0.3, 0.4) is 0 Å². The van der Waals surface area contributed by atoms with Gasteiger partial charge >= 0.3 is 0 Å². The molecule has 0 fully saturated rings. The Morgan fingerprint density at radius 3 is 1.00 bits per heavy atom. The van der Waals surface area contributed by atoms with Gasteiger partial charge in [0.15, 0.2) is 0 Å². The van der Waals surface area contributed by atoms with Crippen LogP contribution in [0.15, 0.2) is 0 Å². The van der Waals surface area contributed by atoms with Crippen LogP contribution in [-0.2, 0) is 50.6 Å². The summed E-state index contributed by atoms with van der Waals surface area (Å²) in [6.45, 7) is 0. The van der Waals surface area contributed by atoms with Gasteiger partial charge in [0.2, 0.25) is 0 Å². The van der Waals surface area contributed by atoms with Crippen molar-refractivity contribution in [3.05, 3.63) is 0 Å². The number of hydrogen-bond donors (Lipinski definition) is 0. The van der Waals surface area contributed by atoms with Gasteiger partial charge in [-0.3, -0.25) is 0 Å². The van der Waals surface area contributed by atoms with E-state index < -0.39 is 0 Å². The maximum Gasteiger partial charge on any atom is 0 e. The van der Waals surface area contributed by atoms with Gasteiger partial charge in [0.25, 0.3) is 0 Å². The minimum atomic E-state index is 0. The molecule has 0 heterocycles. The van der Waals surface area contributed by atoms with E-state index >= 15 is 0 Å². The van der Waals surface area contributed by atoms with E-state index in [1.54, 1.807) is 0 Å². The minimum Gasteiger partial charge on any atom is -0.153 e. The summed E-state index contributed by atoms with van der Waals surface area (Å²) in [5.41, 5.74) is 0. The normalized spacial score (nSPS) is 0. The molecule has 0 saturated carbocycles. The molecule has 0 rings (SSSR count). The molecule has 0 bridgehead atoms. The van der Waals surface area contributed by atoms with E-state index in [2.05, 4.69) is 0 Å². The second-order valence-electron chi connectivity index (χ2n) is 0. The van der Waals surface area contributed by atoms with Crippen LogP contribution in [0.4, 0.5) is 0 Å². The molecular formula is H3FeMnNiP. The molecule has 0 spiro atoms. The Morgan fingerprint density at radius 2 is 1.00 bits per heavy atom.